The number of nitrogens with zero attached hydrogens (tertiary/aromatic N) is 13. The van der Waals surface area contributed by atoms with Crippen LogP contribution in [0.4, 0.5) is 4.79 Å². The van der Waals surface area contributed by atoms with E-state index in [1.54, 1.807) is 49.6 Å². The summed E-state index contributed by atoms with van der Waals surface area (Å²) < 4.78 is 34.5. The molecule has 0 saturated heterocycles. The number of pyridine rings is 12. The molecule has 0 bridgehead atoms. The molecule has 0 aliphatic carbocycles. The molecule has 0 aliphatic rings. The van der Waals surface area contributed by atoms with Gasteiger partial charge in [-0.1, -0.05) is 48.5 Å². The standard InChI is InChI=1S/C25H40N4O4Si.C15H19N3.4C10H8N2.C10H21NO4Si.2Ru/c1-5-31-34(32-6-2,33-7-3)18-10-15-29-25(30)28-14-9-8-11-22-13-17-27-24(20-22)23-19-21(4)12-16-26-23;1-12-5-8-17-14(10-12)15-11-13(6-9-18-15)4-2-3-7-16;4*1-3-7-11-9(5-1)10-6-2-4-8-12-10;1-4-13-16(14-5-2,15-6-3)9-7-8-11-10-12;;/h12-13,16-17,19-20H,5-11,14-15,18H2,1-4H3,(H2,28,29,30);5-6,8-11H,2-4,7,16H2,1H3;4*1-8H;4-9H2,1-3H3;;. The fourth-order valence-corrected chi connectivity index (χ4v) is 16.3. The molecule has 2 amide bonds. The van der Waals surface area contributed by atoms with Crippen LogP contribution in [0.2, 0.25) is 12.1 Å². The number of urea groups is 1. The van der Waals surface area contributed by atoms with E-state index in [0.717, 1.165) is 126 Å². The van der Waals surface area contributed by atoms with E-state index in [1.165, 1.54) is 28.3 Å². The first-order valence-electron chi connectivity index (χ1n) is 39.6. The molecule has 12 rings (SSSR count). The van der Waals surface area contributed by atoms with Crippen molar-refractivity contribution >= 4 is 29.7 Å². The second-order valence-electron chi connectivity index (χ2n) is 25.3. The van der Waals surface area contributed by atoms with Crippen molar-refractivity contribution in [2.75, 3.05) is 65.8 Å². The third-order valence-corrected chi connectivity index (χ3v) is 22.7. The number of carbonyl (C=O) groups excluding carboxylic acids is 2. The van der Waals surface area contributed by atoms with E-state index in [2.05, 4.69) is 114 Å². The van der Waals surface area contributed by atoms with Crippen LogP contribution in [0, 0.1) is 13.8 Å². The monoisotopic (exact) mass is 1800 g/mol. The van der Waals surface area contributed by atoms with Gasteiger partial charge < -0.3 is 42.9 Å². The molecule has 12 aromatic rings. The Hall–Kier alpha value is -10.1. The summed E-state index contributed by atoms with van der Waals surface area (Å²) in [5, 5.41) is 5.84. The van der Waals surface area contributed by atoms with Gasteiger partial charge in [0.25, 0.3) is 0 Å². The van der Waals surface area contributed by atoms with Crippen LogP contribution in [0.1, 0.15) is 102 Å². The third-order valence-electron chi connectivity index (χ3n) is 16.4. The second kappa shape index (κ2) is 62.1. The molecule has 12 aromatic heterocycles. The topological polar surface area (TPSA) is 307 Å². The van der Waals surface area contributed by atoms with Crippen molar-refractivity contribution in [1.82, 2.24) is 70.4 Å². The van der Waals surface area contributed by atoms with Crippen LogP contribution >= 0.6 is 0 Å². The molecule has 0 atom stereocenters. The number of unbranched alkanes of at least 4 members (excludes halogenated alkanes) is 2. The van der Waals surface area contributed by atoms with Gasteiger partial charge in [-0.15, -0.1) is 0 Å². The Balaban J connectivity index is 0.000000301. The Bertz CT molecular complexity index is 4100. The number of aromatic nitrogens is 12. The fraction of sp³-hybridized carbons (Fsp3) is 0.311. The van der Waals surface area contributed by atoms with Gasteiger partial charge in [0.1, 0.15) is 0 Å². The number of hydrogen-bond donors (Lipinski definition) is 3. The van der Waals surface area contributed by atoms with Crippen molar-refractivity contribution < 1.29 is 75.1 Å². The maximum atomic E-state index is 12.1. The number of amides is 2. The number of carbonyl (C=O) groups is 1. The fourth-order valence-electron chi connectivity index (χ4n) is 11.1. The second-order valence-corrected chi connectivity index (χ2v) is 30.7. The summed E-state index contributed by atoms with van der Waals surface area (Å²) in [5.74, 6) is 0. The van der Waals surface area contributed by atoms with E-state index in [-0.39, 0.29) is 45.0 Å². The van der Waals surface area contributed by atoms with Gasteiger partial charge in [-0.25, -0.2) is 14.6 Å². The van der Waals surface area contributed by atoms with Gasteiger partial charge in [-0.3, -0.25) is 59.8 Å². The average Bonchev–Trinajstić information content (AvgIpc) is 0.855. The Morgan fingerprint density at radius 2 is 0.602 bits per heavy atom. The SMILES string of the molecule is CCO[Si](CCCN=C=O)(OCC)OCC.CCO[Si](CCCNC(=O)NCCCCc1ccnc(-c2cc(C)ccn2)c1)(OCC)OCC.Cc1ccnc(-c2cc(CCCCN)ccn2)c1.[Ru].[Ru].c1ccc(-c2ccccn2)nc1.c1ccc(-c2ccccn2)nc1.c1ccc(-c2ccccn2)nc1.c1ccc(-c2ccccn2)nc1. The van der Waals surface area contributed by atoms with Crippen molar-refractivity contribution in [3.63, 3.8) is 0 Å². The Morgan fingerprint density at radius 3 is 0.864 bits per heavy atom. The summed E-state index contributed by atoms with van der Waals surface area (Å²) in [6, 6.07) is 64.0. The van der Waals surface area contributed by atoms with Gasteiger partial charge in [-0.2, -0.15) is 0 Å². The minimum absolute atomic E-state index is 0. The number of rotatable bonds is 35. The molecule has 624 valence electrons. The van der Waals surface area contributed by atoms with E-state index < -0.39 is 17.6 Å². The quantitative estimate of drug-likeness (QED) is 0.0144. The molecule has 0 fully saturated rings. The Kier molecular flexibility index (Phi) is 52.7. The molecule has 12 heterocycles. The van der Waals surface area contributed by atoms with Crippen molar-refractivity contribution in [3.05, 3.63) is 291 Å². The summed E-state index contributed by atoms with van der Waals surface area (Å²) in [6.07, 6.45) is 30.5. The normalized spacial score (nSPS) is 10.3. The molecule has 28 heteroatoms. The van der Waals surface area contributed by atoms with Crippen LogP contribution in [0.5, 0.6) is 0 Å². The smallest absolute Gasteiger partial charge is 0.374 e. The van der Waals surface area contributed by atoms with Gasteiger partial charge in [0.05, 0.1) is 74.9 Å². The van der Waals surface area contributed by atoms with Crippen LogP contribution in [0.25, 0.3) is 68.3 Å². The molecule has 118 heavy (non-hydrogen) atoms. The van der Waals surface area contributed by atoms with Gasteiger partial charge in [0.15, 0.2) is 0 Å². The molecule has 0 aliphatic heterocycles. The predicted octanol–water partition coefficient (Wildman–Crippen LogP) is 17.6. The third kappa shape index (κ3) is 40.3. The minimum atomic E-state index is -2.64. The zero-order valence-corrected chi connectivity index (χ0v) is 74.4. The van der Waals surface area contributed by atoms with E-state index >= 15 is 0 Å². The largest absolute Gasteiger partial charge is 0.500 e. The molecule has 24 nitrogen and oxygen atoms in total. The number of aryl methyl sites for hydroxylation is 4. The van der Waals surface area contributed by atoms with E-state index in [9.17, 15) is 9.59 Å². The summed E-state index contributed by atoms with van der Waals surface area (Å²) in [7, 11) is -5.18. The minimum Gasteiger partial charge on any atom is -0.374 e. The number of hydrogen-bond acceptors (Lipinski definition) is 22. The first-order valence-corrected chi connectivity index (χ1v) is 43.4. The van der Waals surface area contributed by atoms with Gasteiger partial charge in [0, 0.05) is 178 Å². The molecule has 4 N–H and O–H groups in total. The van der Waals surface area contributed by atoms with Crippen LogP contribution < -0.4 is 16.4 Å². The number of aliphatic imine (C=N–C) groups is 1. The molecular formula is C90H112N16O8Ru2Si2. The van der Waals surface area contributed by atoms with Gasteiger partial charge >= 0.3 is 23.6 Å². The maximum Gasteiger partial charge on any atom is 0.500 e. The van der Waals surface area contributed by atoms with Crippen molar-refractivity contribution in [2.45, 2.75) is 119 Å². The van der Waals surface area contributed by atoms with Crippen molar-refractivity contribution in [2.24, 2.45) is 10.7 Å². The summed E-state index contributed by atoms with van der Waals surface area (Å²) >= 11 is 0. The van der Waals surface area contributed by atoms with E-state index in [4.69, 9.17) is 32.3 Å². The van der Waals surface area contributed by atoms with E-state index in [1.807, 2.05) is 236 Å². The van der Waals surface area contributed by atoms with Crippen LogP contribution in [0.15, 0.2) is 273 Å². The van der Waals surface area contributed by atoms with Crippen LogP contribution in [-0.2, 0) is 83.1 Å². The number of isocyanates is 1. The Morgan fingerprint density at radius 1 is 0.339 bits per heavy atom. The van der Waals surface area contributed by atoms with Crippen LogP contribution in [-0.4, -0.2) is 155 Å². The van der Waals surface area contributed by atoms with Gasteiger partial charge in [-0.05, 0) is 281 Å². The van der Waals surface area contributed by atoms with E-state index in [0.29, 0.717) is 71.4 Å². The first kappa shape index (κ1) is 100. The average molecular weight is 1800 g/mol. The maximum absolute atomic E-state index is 12.1. The zero-order valence-electron chi connectivity index (χ0n) is 68.9. The number of nitrogens with one attached hydrogen (secondary N) is 2. The summed E-state index contributed by atoms with van der Waals surface area (Å²) in [5.41, 5.74) is 21.4. The molecule has 0 unspecified atom stereocenters. The van der Waals surface area contributed by atoms with Gasteiger partial charge in [0.2, 0.25) is 6.08 Å². The van der Waals surface area contributed by atoms with Crippen LogP contribution in [0.3, 0.4) is 0 Å². The molecule has 0 spiro atoms. The molecule has 0 radical (unpaired) electrons. The molecular weight excluding hydrogens is 1690 g/mol. The van der Waals surface area contributed by atoms with Crippen molar-refractivity contribution in [1.29, 1.82) is 0 Å². The first-order chi connectivity index (χ1) is 56.9. The Labute approximate surface area is 724 Å². The summed E-state index contributed by atoms with van der Waals surface area (Å²) in [6.45, 7) is 21.5. The molecule has 0 saturated carbocycles. The predicted molar refractivity (Wildman–Crippen MR) is 464 cm³/mol. The van der Waals surface area contributed by atoms with Crippen molar-refractivity contribution in [3.8, 4) is 68.3 Å². The summed E-state index contributed by atoms with van der Waals surface area (Å²) in [4.78, 5) is 76.6. The number of nitrogens with two attached hydrogens (primary N) is 1. The zero-order chi connectivity index (χ0) is 82.6. The molecule has 0 aromatic carbocycles.